The number of halogens is 1. The molecule has 0 spiro atoms. The second kappa shape index (κ2) is 4.94. The third kappa shape index (κ3) is 3.40. The highest BCUT2D eigenvalue weighted by Crippen LogP contribution is 1.97. The smallest absolute Gasteiger partial charge is 0.0206 e. The van der Waals surface area contributed by atoms with Gasteiger partial charge in [-0.3, -0.25) is 0 Å². The predicted molar refractivity (Wildman–Crippen MR) is 46.8 cm³/mol. The Hall–Kier alpha value is 0.210. The number of hydrogen-bond acceptors (Lipinski definition) is 2. The van der Waals surface area contributed by atoms with Crippen molar-refractivity contribution in [3.63, 3.8) is 0 Å². The molecule has 0 bridgehead atoms. The summed E-state index contributed by atoms with van der Waals surface area (Å²) in [5.74, 6) is 0. The SMILES string of the molecule is CC(C)N[C@@H]1CCNC1.Cl. The Labute approximate surface area is 69.2 Å². The van der Waals surface area contributed by atoms with Gasteiger partial charge >= 0.3 is 0 Å². The molecule has 10 heavy (non-hydrogen) atoms. The van der Waals surface area contributed by atoms with Gasteiger partial charge in [0.15, 0.2) is 0 Å². The predicted octanol–water partition coefficient (Wildman–Crippen LogP) is 0.768. The minimum atomic E-state index is 0. The van der Waals surface area contributed by atoms with Gasteiger partial charge in [0, 0.05) is 18.6 Å². The van der Waals surface area contributed by atoms with Crippen LogP contribution >= 0.6 is 12.4 Å². The molecule has 1 aliphatic rings. The highest BCUT2D eigenvalue weighted by Gasteiger charge is 2.13. The van der Waals surface area contributed by atoms with Crippen LogP contribution in [0, 0.1) is 0 Å². The van der Waals surface area contributed by atoms with Crippen molar-refractivity contribution in [2.75, 3.05) is 13.1 Å². The van der Waals surface area contributed by atoms with E-state index >= 15 is 0 Å². The van der Waals surface area contributed by atoms with Gasteiger partial charge in [0.05, 0.1) is 0 Å². The van der Waals surface area contributed by atoms with E-state index in [4.69, 9.17) is 0 Å². The summed E-state index contributed by atoms with van der Waals surface area (Å²) in [5, 5.41) is 6.79. The summed E-state index contributed by atoms with van der Waals surface area (Å²) in [6.07, 6.45) is 1.29. The highest BCUT2D eigenvalue weighted by molar-refractivity contribution is 5.85. The molecule has 0 unspecified atom stereocenters. The van der Waals surface area contributed by atoms with Gasteiger partial charge in [-0.2, -0.15) is 0 Å². The van der Waals surface area contributed by atoms with Crippen LogP contribution in [0.15, 0.2) is 0 Å². The van der Waals surface area contributed by atoms with E-state index in [1.165, 1.54) is 13.0 Å². The molecule has 1 atom stereocenters. The molecule has 1 aliphatic heterocycles. The molecule has 1 rings (SSSR count). The van der Waals surface area contributed by atoms with Gasteiger partial charge in [-0.25, -0.2) is 0 Å². The molecule has 3 heteroatoms. The van der Waals surface area contributed by atoms with Crippen molar-refractivity contribution in [3.8, 4) is 0 Å². The van der Waals surface area contributed by atoms with Crippen LogP contribution in [-0.4, -0.2) is 25.2 Å². The third-order valence-corrected chi connectivity index (χ3v) is 1.63. The fourth-order valence-electron chi connectivity index (χ4n) is 1.27. The standard InChI is InChI=1S/C7H16N2.ClH/c1-6(2)9-7-3-4-8-5-7;/h6-9H,3-5H2,1-2H3;1H/t7-;/m1./s1. The van der Waals surface area contributed by atoms with E-state index in [9.17, 15) is 0 Å². The Kier molecular flexibility index (Phi) is 5.04. The van der Waals surface area contributed by atoms with Crippen molar-refractivity contribution < 1.29 is 0 Å². The maximum atomic E-state index is 3.48. The molecule has 0 aromatic rings. The van der Waals surface area contributed by atoms with Gasteiger partial charge in [0.2, 0.25) is 0 Å². The van der Waals surface area contributed by atoms with E-state index in [0.29, 0.717) is 6.04 Å². The van der Waals surface area contributed by atoms with Gasteiger partial charge < -0.3 is 10.6 Å². The summed E-state index contributed by atoms with van der Waals surface area (Å²) < 4.78 is 0. The summed E-state index contributed by atoms with van der Waals surface area (Å²) >= 11 is 0. The Morgan fingerprint density at radius 3 is 2.60 bits per heavy atom. The molecular weight excluding hydrogens is 148 g/mol. The largest absolute Gasteiger partial charge is 0.315 e. The summed E-state index contributed by atoms with van der Waals surface area (Å²) in [4.78, 5) is 0. The molecular formula is C7H17ClN2. The highest BCUT2D eigenvalue weighted by atomic mass is 35.5. The lowest BCUT2D eigenvalue weighted by atomic mass is 10.2. The van der Waals surface area contributed by atoms with E-state index in [1.807, 2.05) is 0 Å². The topological polar surface area (TPSA) is 24.1 Å². The van der Waals surface area contributed by atoms with Crippen LogP contribution in [0.3, 0.4) is 0 Å². The first-order valence-corrected chi connectivity index (χ1v) is 3.76. The van der Waals surface area contributed by atoms with E-state index in [1.54, 1.807) is 0 Å². The number of nitrogens with one attached hydrogen (secondary N) is 2. The lowest BCUT2D eigenvalue weighted by molar-refractivity contribution is 0.489. The molecule has 2 N–H and O–H groups in total. The van der Waals surface area contributed by atoms with E-state index < -0.39 is 0 Å². The first-order chi connectivity index (χ1) is 4.29. The van der Waals surface area contributed by atoms with Gasteiger partial charge in [-0.15, -0.1) is 12.4 Å². The molecule has 0 saturated carbocycles. The first-order valence-electron chi connectivity index (χ1n) is 3.76. The molecule has 1 heterocycles. The molecule has 1 saturated heterocycles. The molecule has 2 nitrogen and oxygen atoms in total. The fourth-order valence-corrected chi connectivity index (χ4v) is 1.27. The summed E-state index contributed by atoms with van der Waals surface area (Å²) in [6.45, 7) is 6.72. The van der Waals surface area contributed by atoms with Crippen LogP contribution < -0.4 is 10.6 Å². The van der Waals surface area contributed by atoms with E-state index in [0.717, 1.165) is 12.6 Å². The average Bonchev–Trinajstić information content (AvgIpc) is 2.15. The van der Waals surface area contributed by atoms with Crippen LogP contribution in [0.25, 0.3) is 0 Å². The van der Waals surface area contributed by atoms with E-state index in [-0.39, 0.29) is 12.4 Å². The van der Waals surface area contributed by atoms with Crippen LogP contribution in [0.2, 0.25) is 0 Å². The maximum Gasteiger partial charge on any atom is 0.0206 e. The minimum Gasteiger partial charge on any atom is -0.315 e. The molecule has 62 valence electrons. The minimum absolute atomic E-state index is 0. The second-order valence-electron chi connectivity index (χ2n) is 3.01. The van der Waals surface area contributed by atoms with Crippen LogP contribution in [0.4, 0.5) is 0 Å². The number of rotatable bonds is 2. The summed E-state index contributed by atoms with van der Waals surface area (Å²) in [6, 6.07) is 1.36. The molecule has 0 amide bonds. The third-order valence-electron chi connectivity index (χ3n) is 1.63. The van der Waals surface area contributed by atoms with Crippen LogP contribution in [0.1, 0.15) is 20.3 Å². The molecule has 0 aliphatic carbocycles. The van der Waals surface area contributed by atoms with Crippen LogP contribution in [-0.2, 0) is 0 Å². The Balaban J connectivity index is 0.000000810. The first kappa shape index (κ1) is 10.2. The second-order valence-corrected chi connectivity index (χ2v) is 3.01. The molecule has 0 aromatic carbocycles. The quantitative estimate of drug-likeness (QED) is 0.630. The lowest BCUT2D eigenvalue weighted by Crippen LogP contribution is -2.35. The van der Waals surface area contributed by atoms with Crippen molar-refractivity contribution in [2.45, 2.75) is 32.4 Å². The fraction of sp³-hybridized carbons (Fsp3) is 1.00. The molecule has 0 aromatic heterocycles. The zero-order chi connectivity index (χ0) is 6.69. The Bertz CT molecular complexity index is 79.7. The van der Waals surface area contributed by atoms with E-state index in [2.05, 4.69) is 24.5 Å². The monoisotopic (exact) mass is 164 g/mol. The number of hydrogen-bond donors (Lipinski definition) is 2. The van der Waals surface area contributed by atoms with Crippen molar-refractivity contribution in [1.29, 1.82) is 0 Å². The summed E-state index contributed by atoms with van der Waals surface area (Å²) in [5.41, 5.74) is 0. The van der Waals surface area contributed by atoms with Gasteiger partial charge in [-0.1, -0.05) is 13.8 Å². The van der Waals surface area contributed by atoms with Gasteiger partial charge in [0.1, 0.15) is 0 Å². The summed E-state index contributed by atoms with van der Waals surface area (Å²) in [7, 11) is 0. The van der Waals surface area contributed by atoms with Gasteiger partial charge in [0.25, 0.3) is 0 Å². The lowest BCUT2D eigenvalue weighted by Gasteiger charge is -2.13. The van der Waals surface area contributed by atoms with Crippen molar-refractivity contribution in [3.05, 3.63) is 0 Å². The Morgan fingerprint density at radius 2 is 2.20 bits per heavy atom. The average molecular weight is 165 g/mol. The maximum absolute atomic E-state index is 3.48. The zero-order valence-corrected chi connectivity index (χ0v) is 7.50. The van der Waals surface area contributed by atoms with Gasteiger partial charge in [-0.05, 0) is 13.0 Å². The van der Waals surface area contributed by atoms with Crippen molar-refractivity contribution >= 4 is 12.4 Å². The Morgan fingerprint density at radius 1 is 1.50 bits per heavy atom. The normalized spacial score (nSPS) is 24.9. The van der Waals surface area contributed by atoms with Crippen molar-refractivity contribution in [2.24, 2.45) is 0 Å². The molecule has 0 radical (unpaired) electrons. The van der Waals surface area contributed by atoms with Crippen molar-refractivity contribution in [1.82, 2.24) is 10.6 Å². The zero-order valence-electron chi connectivity index (χ0n) is 6.68. The van der Waals surface area contributed by atoms with Crippen LogP contribution in [0.5, 0.6) is 0 Å². The molecule has 1 fully saturated rings.